The lowest BCUT2D eigenvalue weighted by Crippen LogP contribution is -2.49. The lowest BCUT2D eigenvalue weighted by Gasteiger charge is -2.27. The first-order valence-electron chi connectivity index (χ1n) is 16.2. The predicted octanol–water partition coefficient (Wildman–Crippen LogP) is 5.47. The number of ether oxygens (including phenoxy) is 4. The Labute approximate surface area is 291 Å². The molecule has 0 aromatic heterocycles. The Bertz CT molecular complexity index is 1480. The second-order valence-corrected chi connectivity index (χ2v) is 13.5. The minimum atomic E-state index is -1.14. The Morgan fingerprint density at radius 2 is 1.69 bits per heavy atom. The molecule has 2 aliphatic heterocycles. The summed E-state index contributed by atoms with van der Waals surface area (Å²) in [5.41, 5.74) is 2.67. The van der Waals surface area contributed by atoms with Gasteiger partial charge in [-0.2, -0.15) is 0 Å². The summed E-state index contributed by atoms with van der Waals surface area (Å²) >= 11 is 12.2. The number of nitrogens with one attached hydrogen (secondary N) is 2. The number of halogens is 2. The maximum atomic E-state index is 13.5. The van der Waals surface area contributed by atoms with Crippen LogP contribution in [0.2, 0.25) is 5.02 Å². The van der Waals surface area contributed by atoms with E-state index in [1.165, 1.54) is 13.2 Å². The van der Waals surface area contributed by atoms with Gasteiger partial charge in [0.15, 0.2) is 6.10 Å². The standard InChI is InChI=1S/C36H44Cl2N2O8/c1-20(2)15-30-36(44)46-28(22(4)32-33(48-32)25-12-9-23(18-37)10-13-25)7-6-8-31(41)40-27(34(42)39-19-21(3)35(43)47-30)17-24-11-14-29(45-5)26(38)16-24/h6,8-14,16,20-22,27-28,30,32-33H,7,15,17-19H2,1-5H3,(H,39,42)(H,40,41)/t21-,22+,27-,28+,30+,32-,33-/m1/s1. The molecule has 0 aliphatic carbocycles. The third-order valence-corrected chi connectivity index (χ3v) is 9.08. The van der Waals surface area contributed by atoms with Crippen LogP contribution in [-0.4, -0.2) is 61.8 Å². The molecule has 0 unspecified atom stereocenters. The van der Waals surface area contributed by atoms with Crippen LogP contribution in [0.4, 0.5) is 0 Å². The van der Waals surface area contributed by atoms with Gasteiger partial charge in [0.1, 0.15) is 24.0 Å². The van der Waals surface area contributed by atoms with Gasteiger partial charge in [0, 0.05) is 31.2 Å². The number of esters is 2. The molecular weight excluding hydrogens is 659 g/mol. The van der Waals surface area contributed by atoms with E-state index in [-0.39, 0.29) is 49.9 Å². The number of carbonyl (C=O) groups excluding carboxylic acids is 4. The molecule has 2 heterocycles. The Kier molecular flexibility index (Phi) is 13.3. The van der Waals surface area contributed by atoms with E-state index in [9.17, 15) is 19.2 Å². The molecule has 48 heavy (non-hydrogen) atoms. The van der Waals surface area contributed by atoms with Crippen LogP contribution in [-0.2, 0) is 45.7 Å². The van der Waals surface area contributed by atoms with E-state index >= 15 is 0 Å². The normalized spacial score (nSPS) is 26.2. The molecule has 2 aromatic carbocycles. The predicted molar refractivity (Wildman–Crippen MR) is 182 cm³/mol. The van der Waals surface area contributed by atoms with Crippen molar-refractivity contribution in [3.8, 4) is 5.75 Å². The van der Waals surface area contributed by atoms with Gasteiger partial charge in [-0.3, -0.25) is 14.4 Å². The first-order chi connectivity index (χ1) is 22.9. The van der Waals surface area contributed by atoms with Crippen molar-refractivity contribution in [1.29, 1.82) is 0 Å². The molecule has 0 radical (unpaired) electrons. The van der Waals surface area contributed by atoms with Gasteiger partial charge >= 0.3 is 11.9 Å². The average molecular weight is 704 g/mol. The summed E-state index contributed by atoms with van der Waals surface area (Å²) < 4.78 is 23.0. The largest absolute Gasteiger partial charge is 0.495 e. The minimum absolute atomic E-state index is 0.0229. The second-order valence-electron chi connectivity index (χ2n) is 12.8. The fourth-order valence-corrected chi connectivity index (χ4v) is 6.00. The number of rotatable bonds is 9. The molecule has 2 amide bonds. The van der Waals surface area contributed by atoms with Crippen LogP contribution in [0.3, 0.4) is 0 Å². The zero-order valence-electron chi connectivity index (χ0n) is 27.9. The smallest absolute Gasteiger partial charge is 0.347 e. The lowest BCUT2D eigenvalue weighted by molar-refractivity contribution is -0.176. The van der Waals surface area contributed by atoms with Crippen LogP contribution < -0.4 is 15.4 Å². The number of methoxy groups -OCH3 is 1. The number of hydrogen-bond acceptors (Lipinski definition) is 8. The lowest BCUT2D eigenvalue weighted by atomic mass is 9.93. The van der Waals surface area contributed by atoms with Crippen LogP contribution in [0.25, 0.3) is 0 Å². The SMILES string of the molecule is COc1ccc(C[C@H]2NC(=O)C=CC[C@@H]([C@H](C)[C@H]3O[C@@H]3c3ccc(CCl)cc3)OC(=O)[C@H](CC(C)C)OC(=O)[C@H](C)CNC2=O)cc1Cl. The maximum absolute atomic E-state index is 13.5. The van der Waals surface area contributed by atoms with Gasteiger partial charge in [-0.15, -0.1) is 11.6 Å². The topological polar surface area (TPSA) is 133 Å². The quantitative estimate of drug-likeness (QED) is 0.200. The monoisotopic (exact) mass is 702 g/mol. The number of hydrogen-bond donors (Lipinski definition) is 2. The number of amides is 2. The van der Waals surface area contributed by atoms with Crippen molar-refractivity contribution in [3.05, 3.63) is 76.3 Å². The Balaban J connectivity index is 1.58. The molecule has 0 spiro atoms. The Morgan fingerprint density at radius 1 is 0.979 bits per heavy atom. The Hall–Kier alpha value is -3.60. The van der Waals surface area contributed by atoms with E-state index in [1.807, 2.05) is 45.0 Å². The third kappa shape index (κ3) is 10.2. The van der Waals surface area contributed by atoms with Crippen molar-refractivity contribution in [3.63, 3.8) is 0 Å². The van der Waals surface area contributed by atoms with Gasteiger partial charge in [0.05, 0.1) is 24.2 Å². The fourth-order valence-electron chi connectivity index (χ4n) is 5.54. The molecule has 2 N–H and O–H groups in total. The van der Waals surface area contributed by atoms with Gasteiger partial charge in [-0.25, -0.2) is 4.79 Å². The molecule has 2 aromatic rings. The highest BCUT2D eigenvalue weighted by molar-refractivity contribution is 6.32. The van der Waals surface area contributed by atoms with E-state index in [4.69, 9.17) is 42.1 Å². The molecule has 0 saturated carbocycles. The molecule has 7 atom stereocenters. The van der Waals surface area contributed by atoms with E-state index < -0.39 is 47.9 Å². The number of carbonyl (C=O) groups is 4. The van der Waals surface area contributed by atoms with Gasteiger partial charge in [0.2, 0.25) is 11.8 Å². The summed E-state index contributed by atoms with van der Waals surface area (Å²) in [4.78, 5) is 53.1. The van der Waals surface area contributed by atoms with Crippen molar-refractivity contribution >= 4 is 47.0 Å². The highest BCUT2D eigenvalue weighted by Gasteiger charge is 2.47. The van der Waals surface area contributed by atoms with Crippen molar-refractivity contribution in [2.75, 3.05) is 13.7 Å². The average Bonchev–Trinajstić information content (AvgIpc) is 3.86. The minimum Gasteiger partial charge on any atom is -0.495 e. The van der Waals surface area contributed by atoms with Crippen molar-refractivity contribution in [2.24, 2.45) is 17.8 Å². The number of epoxide rings is 1. The summed E-state index contributed by atoms with van der Waals surface area (Å²) in [5.74, 6) is -2.46. The maximum Gasteiger partial charge on any atom is 0.347 e. The zero-order chi connectivity index (χ0) is 35.0. The van der Waals surface area contributed by atoms with Crippen LogP contribution in [0, 0.1) is 17.8 Å². The van der Waals surface area contributed by atoms with Crippen molar-refractivity contribution in [1.82, 2.24) is 10.6 Å². The Morgan fingerprint density at radius 3 is 2.33 bits per heavy atom. The first kappa shape index (κ1) is 37.2. The van der Waals surface area contributed by atoms with Crippen molar-refractivity contribution < 1.29 is 38.1 Å². The number of cyclic esters (lactones) is 2. The van der Waals surface area contributed by atoms with Gasteiger partial charge in [-0.1, -0.05) is 75.7 Å². The molecular formula is C36H44Cl2N2O8. The second kappa shape index (κ2) is 17.2. The van der Waals surface area contributed by atoms with E-state index in [0.717, 1.165) is 11.1 Å². The number of benzene rings is 2. The molecule has 1 saturated heterocycles. The van der Waals surface area contributed by atoms with Crippen LogP contribution in [0.1, 0.15) is 63.3 Å². The zero-order valence-corrected chi connectivity index (χ0v) is 29.4. The highest BCUT2D eigenvalue weighted by Crippen LogP contribution is 2.45. The molecule has 10 nitrogen and oxygen atoms in total. The van der Waals surface area contributed by atoms with Crippen molar-refractivity contribution in [2.45, 2.75) is 83.3 Å². The third-order valence-electron chi connectivity index (χ3n) is 8.48. The van der Waals surface area contributed by atoms with E-state index in [1.54, 1.807) is 31.2 Å². The molecule has 2 aliphatic rings. The molecule has 0 bridgehead atoms. The summed E-state index contributed by atoms with van der Waals surface area (Å²) in [5, 5.41) is 5.85. The van der Waals surface area contributed by atoms with Gasteiger partial charge in [-0.05, 0) is 47.2 Å². The summed E-state index contributed by atoms with van der Waals surface area (Å²) in [6.45, 7) is 7.28. The van der Waals surface area contributed by atoms with Gasteiger partial charge < -0.3 is 29.6 Å². The van der Waals surface area contributed by atoms with E-state index in [0.29, 0.717) is 22.2 Å². The first-order valence-corrected chi connectivity index (χ1v) is 17.1. The molecule has 12 heteroatoms. The number of alkyl halides is 1. The summed E-state index contributed by atoms with van der Waals surface area (Å²) in [7, 11) is 1.50. The molecule has 260 valence electrons. The highest BCUT2D eigenvalue weighted by atomic mass is 35.5. The molecule has 1 fully saturated rings. The fraction of sp³-hybridized carbons (Fsp3) is 0.500. The molecule has 4 rings (SSSR count). The van der Waals surface area contributed by atoms with Crippen LogP contribution in [0.5, 0.6) is 5.75 Å². The van der Waals surface area contributed by atoms with E-state index in [2.05, 4.69) is 10.6 Å². The van der Waals surface area contributed by atoms with Crippen LogP contribution >= 0.6 is 23.2 Å². The summed E-state index contributed by atoms with van der Waals surface area (Å²) in [6.07, 6.45) is 1.23. The summed E-state index contributed by atoms with van der Waals surface area (Å²) in [6, 6.07) is 12.0. The van der Waals surface area contributed by atoms with Crippen LogP contribution in [0.15, 0.2) is 54.6 Å². The van der Waals surface area contributed by atoms with Gasteiger partial charge in [0.25, 0.3) is 0 Å².